The molecule has 0 aliphatic rings. The lowest BCUT2D eigenvalue weighted by Crippen LogP contribution is -2.19. The number of hydrogen-bond donors (Lipinski definition) is 2. The molecule has 39 heavy (non-hydrogen) atoms. The van der Waals surface area contributed by atoms with Crippen LogP contribution in [0.15, 0.2) is 90.2 Å². The summed E-state index contributed by atoms with van der Waals surface area (Å²) in [4.78, 5) is 24.7. The third-order valence-electron chi connectivity index (χ3n) is 5.87. The van der Waals surface area contributed by atoms with E-state index in [2.05, 4.69) is 30.6 Å². The number of carbonyl (C=O) groups is 2. The minimum absolute atomic E-state index is 0.00563. The fourth-order valence-corrected chi connectivity index (χ4v) is 4.68. The van der Waals surface area contributed by atoms with Crippen molar-refractivity contribution in [2.24, 2.45) is 5.10 Å². The van der Waals surface area contributed by atoms with Gasteiger partial charge in [0.1, 0.15) is 17.4 Å². The molecule has 196 valence electrons. The number of rotatable bonds is 10. The van der Waals surface area contributed by atoms with Crippen molar-refractivity contribution < 1.29 is 14.3 Å². The number of benzene rings is 3. The van der Waals surface area contributed by atoms with Crippen LogP contribution in [0.2, 0.25) is 0 Å². The molecule has 2 N–H and O–H groups in total. The van der Waals surface area contributed by atoms with Crippen LogP contribution in [-0.4, -0.2) is 39.4 Å². The quantitative estimate of drug-likeness (QED) is 0.196. The summed E-state index contributed by atoms with van der Waals surface area (Å²) in [6.07, 6.45) is 3.61. The van der Waals surface area contributed by atoms with E-state index in [1.54, 1.807) is 30.5 Å². The molecule has 0 atom stereocenters. The van der Waals surface area contributed by atoms with Crippen molar-refractivity contribution in [3.05, 3.63) is 107 Å². The van der Waals surface area contributed by atoms with Crippen LogP contribution in [0, 0.1) is 6.92 Å². The summed E-state index contributed by atoms with van der Waals surface area (Å²) in [6, 6.07) is 24.8. The molecular formula is C29H26N6O3S. The molecule has 9 nitrogen and oxygen atoms in total. The first-order valence-corrected chi connectivity index (χ1v) is 13.1. The molecule has 5 rings (SSSR count). The van der Waals surface area contributed by atoms with Gasteiger partial charge in [-0.2, -0.15) is 5.10 Å². The predicted octanol–water partition coefficient (Wildman–Crippen LogP) is 4.83. The molecular weight excluding hydrogens is 512 g/mol. The normalized spacial score (nSPS) is 11.1. The van der Waals surface area contributed by atoms with Crippen molar-refractivity contribution in [1.29, 1.82) is 0 Å². The van der Waals surface area contributed by atoms with Crippen molar-refractivity contribution in [3.8, 4) is 5.75 Å². The minimum Gasteiger partial charge on any atom is -0.492 e. The van der Waals surface area contributed by atoms with Crippen LogP contribution < -0.4 is 15.5 Å². The minimum atomic E-state index is -0.335. The second kappa shape index (κ2) is 12.1. The van der Waals surface area contributed by atoms with Crippen LogP contribution in [0.3, 0.4) is 0 Å². The molecule has 0 radical (unpaired) electrons. The Morgan fingerprint density at radius 3 is 2.59 bits per heavy atom. The Balaban J connectivity index is 1.16. The standard InChI is InChI=1S/C29H26N6O3S/c1-20-11-13-23(14-12-20)38-16-15-35-19-22(24-9-5-6-10-25(24)35)18-30-32-26(36)17-27-33-34-29(39-27)31-28(37)21-7-3-2-4-8-21/h2-14,18-19H,15-17H2,1H3,(H,32,36)(H,31,34,37)/b30-18-. The molecule has 0 saturated heterocycles. The zero-order chi connectivity index (χ0) is 27.0. The molecule has 2 aromatic heterocycles. The number of carbonyl (C=O) groups excluding carboxylic acids is 2. The first kappa shape index (κ1) is 25.8. The third-order valence-corrected chi connectivity index (χ3v) is 6.71. The van der Waals surface area contributed by atoms with Gasteiger partial charge in [0.25, 0.3) is 5.91 Å². The molecule has 0 bridgehead atoms. The molecule has 10 heteroatoms. The maximum absolute atomic E-state index is 12.4. The molecule has 3 aromatic carbocycles. The summed E-state index contributed by atoms with van der Waals surface area (Å²) in [5.74, 6) is 0.217. The fourth-order valence-electron chi connectivity index (χ4n) is 3.94. The highest BCUT2D eigenvalue weighted by atomic mass is 32.1. The highest BCUT2D eigenvalue weighted by molar-refractivity contribution is 7.15. The van der Waals surface area contributed by atoms with Gasteiger partial charge in [0.15, 0.2) is 0 Å². The summed E-state index contributed by atoms with van der Waals surface area (Å²) < 4.78 is 8.00. The van der Waals surface area contributed by atoms with Crippen molar-refractivity contribution in [3.63, 3.8) is 0 Å². The maximum atomic E-state index is 12.4. The van der Waals surface area contributed by atoms with Gasteiger partial charge >= 0.3 is 0 Å². The van der Waals surface area contributed by atoms with Crippen molar-refractivity contribution in [1.82, 2.24) is 20.2 Å². The monoisotopic (exact) mass is 538 g/mol. The Kier molecular flexibility index (Phi) is 8.03. The molecule has 2 amide bonds. The Hall–Kier alpha value is -4.83. The number of anilines is 1. The number of nitrogens with zero attached hydrogens (tertiary/aromatic N) is 4. The van der Waals surface area contributed by atoms with Gasteiger partial charge in [0, 0.05) is 28.2 Å². The average molecular weight is 539 g/mol. The van der Waals surface area contributed by atoms with Gasteiger partial charge in [-0.05, 0) is 37.3 Å². The number of amides is 2. The van der Waals surface area contributed by atoms with E-state index in [0.717, 1.165) is 33.6 Å². The van der Waals surface area contributed by atoms with E-state index in [0.29, 0.717) is 28.9 Å². The fraction of sp³-hybridized carbons (Fsp3) is 0.138. The van der Waals surface area contributed by atoms with Crippen molar-refractivity contribution in [2.75, 3.05) is 11.9 Å². The van der Waals surface area contributed by atoms with Gasteiger partial charge in [-0.1, -0.05) is 65.4 Å². The van der Waals surface area contributed by atoms with E-state index in [1.165, 1.54) is 5.56 Å². The second-order valence-electron chi connectivity index (χ2n) is 8.75. The predicted molar refractivity (Wildman–Crippen MR) is 152 cm³/mol. The first-order valence-electron chi connectivity index (χ1n) is 12.3. The van der Waals surface area contributed by atoms with Crippen LogP contribution in [0.1, 0.15) is 26.5 Å². The zero-order valence-electron chi connectivity index (χ0n) is 21.2. The molecule has 0 saturated carbocycles. The Morgan fingerprint density at radius 1 is 1.00 bits per heavy atom. The lowest BCUT2D eigenvalue weighted by Gasteiger charge is -2.08. The van der Waals surface area contributed by atoms with E-state index in [1.807, 2.05) is 67.7 Å². The topological polar surface area (TPSA) is 110 Å². The van der Waals surface area contributed by atoms with Crippen LogP contribution >= 0.6 is 11.3 Å². The van der Waals surface area contributed by atoms with Gasteiger partial charge in [-0.15, -0.1) is 10.2 Å². The number of para-hydroxylation sites is 1. The number of fused-ring (bicyclic) bond motifs is 1. The van der Waals surface area contributed by atoms with Crippen LogP contribution in [0.25, 0.3) is 10.9 Å². The zero-order valence-corrected chi connectivity index (χ0v) is 22.0. The number of nitrogens with one attached hydrogen (secondary N) is 2. The summed E-state index contributed by atoms with van der Waals surface area (Å²) >= 11 is 1.14. The van der Waals surface area contributed by atoms with Gasteiger partial charge < -0.3 is 9.30 Å². The second-order valence-corrected chi connectivity index (χ2v) is 9.81. The highest BCUT2D eigenvalue weighted by Gasteiger charge is 2.13. The number of aromatic nitrogens is 3. The van der Waals surface area contributed by atoms with Crippen molar-refractivity contribution in [2.45, 2.75) is 19.9 Å². The van der Waals surface area contributed by atoms with Crippen molar-refractivity contribution >= 4 is 45.4 Å². The Labute approximate surface area is 229 Å². The largest absolute Gasteiger partial charge is 0.492 e. The van der Waals surface area contributed by atoms with Gasteiger partial charge in [-0.25, -0.2) is 5.43 Å². The van der Waals surface area contributed by atoms with E-state index in [-0.39, 0.29) is 18.2 Å². The van der Waals surface area contributed by atoms with E-state index in [4.69, 9.17) is 4.74 Å². The number of ether oxygens (including phenoxy) is 1. The molecule has 5 aromatic rings. The van der Waals surface area contributed by atoms with Gasteiger partial charge in [0.2, 0.25) is 11.0 Å². The summed E-state index contributed by atoms with van der Waals surface area (Å²) in [5.41, 5.74) is 6.18. The van der Waals surface area contributed by atoms with E-state index in [9.17, 15) is 9.59 Å². The van der Waals surface area contributed by atoms with Crippen LogP contribution in [0.5, 0.6) is 5.75 Å². The molecule has 0 spiro atoms. The lowest BCUT2D eigenvalue weighted by atomic mass is 10.2. The number of hydrogen-bond acceptors (Lipinski definition) is 7. The summed E-state index contributed by atoms with van der Waals surface area (Å²) in [6.45, 7) is 3.22. The maximum Gasteiger partial charge on any atom is 0.257 e. The molecule has 2 heterocycles. The van der Waals surface area contributed by atoms with Crippen LogP contribution in [0.4, 0.5) is 5.13 Å². The van der Waals surface area contributed by atoms with Crippen LogP contribution in [-0.2, 0) is 17.8 Å². The smallest absolute Gasteiger partial charge is 0.257 e. The van der Waals surface area contributed by atoms with Gasteiger partial charge in [0.05, 0.1) is 19.2 Å². The van der Waals surface area contributed by atoms with E-state index < -0.39 is 0 Å². The number of hydrazone groups is 1. The highest BCUT2D eigenvalue weighted by Crippen LogP contribution is 2.21. The summed E-state index contributed by atoms with van der Waals surface area (Å²) in [7, 11) is 0. The first-order chi connectivity index (χ1) is 19.0. The SMILES string of the molecule is Cc1ccc(OCCn2cc(/C=N\NC(=O)Cc3nnc(NC(=O)c4ccccc4)s3)c3ccccc32)cc1. The van der Waals surface area contributed by atoms with E-state index >= 15 is 0 Å². The van der Waals surface area contributed by atoms with Gasteiger partial charge in [-0.3, -0.25) is 14.9 Å². The Morgan fingerprint density at radius 2 is 1.77 bits per heavy atom. The Bertz CT molecular complexity index is 1610. The molecule has 0 fully saturated rings. The number of aryl methyl sites for hydroxylation is 1. The summed E-state index contributed by atoms with van der Waals surface area (Å²) in [5, 5.41) is 16.6. The third kappa shape index (κ3) is 6.74. The average Bonchev–Trinajstić information content (AvgIpc) is 3.54. The lowest BCUT2D eigenvalue weighted by molar-refractivity contribution is -0.120. The molecule has 0 unspecified atom stereocenters. The molecule has 0 aliphatic carbocycles. The molecule has 0 aliphatic heterocycles.